The lowest BCUT2D eigenvalue weighted by atomic mass is 9.89. The second kappa shape index (κ2) is 6.81. The molecule has 0 unspecified atom stereocenters. The molecule has 0 aromatic heterocycles. The molecule has 2 amide bonds. The van der Waals surface area contributed by atoms with E-state index in [0.29, 0.717) is 17.2 Å². The van der Waals surface area contributed by atoms with Crippen molar-refractivity contribution in [2.45, 2.75) is 37.8 Å². The highest BCUT2D eigenvalue weighted by molar-refractivity contribution is 6.21. The maximum Gasteiger partial charge on any atom is 0.261 e. The summed E-state index contributed by atoms with van der Waals surface area (Å²) in [6.45, 7) is 1.65. The summed E-state index contributed by atoms with van der Waals surface area (Å²) in [6, 6.07) is 7.68. The van der Waals surface area contributed by atoms with Crippen LogP contribution in [-0.4, -0.2) is 61.0 Å². The molecule has 1 saturated carbocycles. The molecule has 124 valence electrons. The van der Waals surface area contributed by atoms with Crippen LogP contribution >= 0.6 is 0 Å². The third-order valence-electron chi connectivity index (χ3n) is 5.13. The Morgan fingerprint density at radius 3 is 2.17 bits per heavy atom. The Kier molecular flexibility index (Phi) is 4.78. The van der Waals surface area contributed by atoms with Crippen LogP contribution in [-0.2, 0) is 4.74 Å². The minimum Gasteiger partial charge on any atom is -0.383 e. The van der Waals surface area contributed by atoms with Crippen LogP contribution in [0.25, 0.3) is 0 Å². The molecular formula is C18H24N2O3. The summed E-state index contributed by atoms with van der Waals surface area (Å²) in [4.78, 5) is 28.9. The molecule has 1 aliphatic carbocycles. The average molecular weight is 316 g/mol. The lowest BCUT2D eigenvalue weighted by molar-refractivity contribution is 0.0495. The van der Waals surface area contributed by atoms with Crippen molar-refractivity contribution in [3.63, 3.8) is 0 Å². The van der Waals surface area contributed by atoms with Crippen molar-refractivity contribution in [1.82, 2.24) is 9.80 Å². The van der Waals surface area contributed by atoms with Crippen LogP contribution < -0.4 is 0 Å². The van der Waals surface area contributed by atoms with Crippen LogP contribution in [0.2, 0.25) is 0 Å². The van der Waals surface area contributed by atoms with E-state index >= 15 is 0 Å². The molecule has 0 atom stereocenters. The highest BCUT2D eigenvalue weighted by Crippen LogP contribution is 2.32. The second-order valence-corrected chi connectivity index (χ2v) is 6.46. The Morgan fingerprint density at radius 2 is 1.65 bits per heavy atom. The summed E-state index contributed by atoms with van der Waals surface area (Å²) in [6.07, 6.45) is 3.79. The fourth-order valence-electron chi connectivity index (χ4n) is 3.71. The van der Waals surface area contributed by atoms with E-state index < -0.39 is 0 Å². The van der Waals surface area contributed by atoms with Crippen molar-refractivity contribution in [2.75, 3.05) is 27.3 Å². The summed E-state index contributed by atoms with van der Waals surface area (Å²) in [5.74, 6) is -0.247. The molecule has 5 heteroatoms. The molecule has 0 radical (unpaired) electrons. The van der Waals surface area contributed by atoms with E-state index in [1.165, 1.54) is 4.90 Å². The predicted molar refractivity (Wildman–Crippen MR) is 87.5 cm³/mol. The van der Waals surface area contributed by atoms with Gasteiger partial charge in [0.2, 0.25) is 0 Å². The number of hydrogen-bond donors (Lipinski definition) is 0. The maximum absolute atomic E-state index is 12.5. The zero-order valence-corrected chi connectivity index (χ0v) is 13.8. The fraction of sp³-hybridized carbons (Fsp3) is 0.556. The number of rotatable bonds is 5. The van der Waals surface area contributed by atoms with Gasteiger partial charge < -0.3 is 9.64 Å². The molecule has 5 nitrogen and oxygen atoms in total. The number of fused-ring (bicyclic) bond motifs is 1. The molecule has 0 N–H and O–H groups in total. The van der Waals surface area contributed by atoms with Gasteiger partial charge in [0.1, 0.15) is 0 Å². The maximum atomic E-state index is 12.5. The molecule has 1 heterocycles. The van der Waals surface area contributed by atoms with Gasteiger partial charge >= 0.3 is 0 Å². The van der Waals surface area contributed by atoms with Crippen molar-refractivity contribution in [1.29, 1.82) is 0 Å². The average Bonchev–Trinajstić information content (AvgIpc) is 2.84. The number of likely N-dealkylation sites (N-methyl/N-ethyl adjacent to an activating group) is 1. The van der Waals surface area contributed by atoms with Crippen LogP contribution in [0.3, 0.4) is 0 Å². The first-order valence-corrected chi connectivity index (χ1v) is 8.29. The van der Waals surface area contributed by atoms with Crippen LogP contribution in [0.15, 0.2) is 24.3 Å². The summed E-state index contributed by atoms with van der Waals surface area (Å²) >= 11 is 0. The molecule has 1 fully saturated rings. The Hall–Kier alpha value is -1.72. The van der Waals surface area contributed by atoms with Crippen LogP contribution in [0.1, 0.15) is 46.4 Å². The molecule has 23 heavy (non-hydrogen) atoms. The van der Waals surface area contributed by atoms with E-state index in [2.05, 4.69) is 11.9 Å². The van der Waals surface area contributed by atoms with Gasteiger partial charge in [0.15, 0.2) is 0 Å². The van der Waals surface area contributed by atoms with Gasteiger partial charge in [-0.1, -0.05) is 12.1 Å². The fourth-order valence-corrected chi connectivity index (χ4v) is 3.71. The number of methoxy groups -OCH3 is 1. The van der Waals surface area contributed by atoms with Gasteiger partial charge in [-0.15, -0.1) is 0 Å². The number of hydrogen-bond acceptors (Lipinski definition) is 4. The summed E-state index contributed by atoms with van der Waals surface area (Å²) in [5.41, 5.74) is 1.11. The van der Waals surface area contributed by atoms with E-state index in [9.17, 15) is 9.59 Å². The van der Waals surface area contributed by atoms with E-state index in [0.717, 1.165) is 38.8 Å². The lowest BCUT2D eigenvalue weighted by Crippen LogP contribution is -2.45. The van der Waals surface area contributed by atoms with Crippen LogP contribution in [0.5, 0.6) is 0 Å². The second-order valence-electron chi connectivity index (χ2n) is 6.46. The van der Waals surface area contributed by atoms with Crippen molar-refractivity contribution in [3.8, 4) is 0 Å². The SMILES string of the molecule is COCCN(C)C1CCC(N2C(=O)c3ccccc3C2=O)CC1. The van der Waals surface area contributed by atoms with Gasteiger partial charge in [-0.05, 0) is 44.9 Å². The molecule has 0 bridgehead atoms. The van der Waals surface area contributed by atoms with Crippen molar-refractivity contribution in [2.24, 2.45) is 0 Å². The first-order valence-electron chi connectivity index (χ1n) is 8.29. The van der Waals surface area contributed by atoms with Gasteiger partial charge in [-0.2, -0.15) is 0 Å². The number of nitrogens with zero attached hydrogens (tertiary/aromatic N) is 2. The number of imide groups is 1. The molecule has 1 aromatic carbocycles. The van der Waals surface area contributed by atoms with Gasteiger partial charge in [-0.25, -0.2) is 0 Å². The first-order chi connectivity index (χ1) is 11.1. The van der Waals surface area contributed by atoms with Gasteiger partial charge in [-0.3, -0.25) is 14.5 Å². The van der Waals surface area contributed by atoms with E-state index in [1.54, 1.807) is 19.2 Å². The first kappa shape index (κ1) is 16.1. The topological polar surface area (TPSA) is 49.9 Å². The Morgan fingerprint density at radius 1 is 1.09 bits per heavy atom. The van der Waals surface area contributed by atoms with Gasteiger partial charge in [0.25, 0.3) is 11.8 Å². The molecule has 2 aliphatic rings. The zero-order chi connectivity index (χ0) is 16.4. The third kappa shape index (κ3) is 3.03. The zero-order valence-electron chi connectivity index (χ0n) is 13.8. The van der Waals surface area contributed by atoms with Gasteiger partial charge in [0.05, 0.1) is 17.7 Å². The third-order valence-corrected chi connectivity index (χ3v) is 5.13. The van der Waals surface area contributed by atoms with Gasteiger partial charge in [0, 0.05) is 25.7 Å². The normalized spacial score (nSPS) is 24.4. The number of amides is 2. The molecule has 0 saturated heterocycles. The minimum absolute atomic E-state index is 0.0366. The summed E-state index contributed by atoms with van der Waals surface area (Å²) < 4.78 is 5.13. The summed E-state index contributed by atoms with van der Waals surface area (Å²) in [5, 5.41) is 0. The minimum atomic E-state index is -0.123. The quantitative estimate of drug-likeness (QED) is 0.781. The van der Waals surface area contributed by atoms with E-state index in [1.807, 2.05) is 12.1 Å². The highest BCUT2D eigenvalue weighted by Gasteiger charge is 2.41. The largest absolute Gasteiger partial charge is 0.383 e. The monoisotopic (exact) mass is 316 g/mol. The van der Waals surface area contributed by atoms with Crippen molar-refractivity contribution < 1.29 is 14.3 Å². The molecule has 1 aromatic rings. The number of benzene rings is 1. The predicted octanol–water partition coefficient (Wildman–Crippen LogP) is 2.17. The Balaban J connectivity index is 1.63. The molecular weight excluding hydrogens is 292 g/mol. The number of carbonyl (C=O) groups is 2. The lowest BCUT2D eigenvalue weighted by Gasteiger charge is -2.37. The summed E-state index contributed by atoms with van der Waals surface area (Å²) in [7, 11) is 3.83. The smallest absolute Gasteiger partial charge is 0.261 e. The van der Waals surface area contributed by atoms with E-state index in [4.69, 9.17) is 4.74 Å². The Bertz CT molecular complexity index is 559. The standard InChI is InChI=1S/C18H24N2O3/c1-19(11-12-23-2)13-7-9-14(10-8-13)20-17(21)15-5-3-4-6-16(15)18(20)22/h3-6,13-14H,7-12H2,1-2H3. The van der Waals surface area contributed by atoms with Crippen LogP contribution in [0.4, 0.5) is 0 Å². The Labute approximate surface area is 137 Å². The van der Waals surface area contributed by atoms with Crippen molar-refractivity contribution >= 4 is 11.8 Å². The number of ether oxygens (including phenoxy) is 1. The van der Waals surface area contributed by atoms with E-state index in [-0.39, 0.29) is 17.9 Å². The van der Waals surface area contributed by atoms with Crippen molar-refractivity contribution in [3.05, 3.63) is 35.4 Å². The highest BCUT2D eigenvalue weighted by atomic mass is 16.5. The molecule has 0 spiro atoms. The molecule has 1 aliphatic heterocycles. The molecule has 3 rings (SSSR count). The van der Waals surface area contributed by atoms with Crippen LogP contribution in [0, 0.1) is 0 Å². The number of carbonyl (C=O) groups excluding carboxylic acids is 2.